The number of rotatable bonds is 4. The molecule has 3 heterocycles. The van der Waals surface area contributed by atoms with Gasteiger partial charge in [0.05, 0.1) is 17.8 Å². The Bertz CT molecular complexity index is 1030. The molecule has 0 bridgehead atoms. The molecule has 5 atom stereocenters. The topological polar surface area (TPSA) is 101 Å². The minimum absolute atomic E-state index is 0.0718. The van der Waals surface area contributed by atoms with Crippen LogP contribution in [0.1, 0.15) is 36.5 Å². The fraction of sp³-hybridized carbons (Fsp3) is 0.455. The van der Waals surface area contributed by atoms with Crippen LogP contribution in [0.5, 0.6) is 0 Å². The molecule has 170 valence electrons. The SMILES string of the molecule is Nc1nc(NC[C@H]2CC[C@@H]3[C@H](O2)c2cc(C(F)(F)F)ccc2N[C@H]3C2C=CC=CC2)n[nH]1. The number of nitrogens with two attached hydrogens (primary N) is 1. The quantitative estimate of drug-likeness (QED) is 0.559. The van der Waals surface area contributed by atoms with Crippen molar-refractivity contribution in [1.82, 2.24) is 15.2 Å². The number of alkyl halides is 3. The number of anilines is 3. The number of benzene rings is 1. The van der Waals surface area contributed by atoms with E-state index in [-0.39, 0.29) is 29.9 Å². The first-order chi connectivity index (χ1) is 15.4. The Balaban J connectivity index is 1.41. The van der Waals surface area contributed by atoms with Crippen molar-refractivity contribution in [2.24, 2.45) is 11.8 Å². The summed E-state index contributed by atoms with van der Waals surface area (Å²) in [5, 5.41) is 13.1. The summed E-state index contributed by atoms with van der Waals surface area (Å²) in [6.45, 7) is 0.443. The van der Waals surface area contributed by atoms with Crippen LogP contribution in [-0.4, -0.2) is 33.9 Å². The summed E-state index contributed by atoms with van der Waals surface area (Å²) in [7, 11) is 0. The molecular weight excluding hydrogens is 421 g/mol. The number of aromatic amines is 1. The highest BCUT2D eigenvalue weighted by molar-refractivity contribution is 5.58. The van der Waals surface area contributed by atoms with Crippen molar-refractivity contribution in [3.05, 3.63) is 53.6 Å². The molecule has 1 saturated heterocycles. The lowest BCUT2D eigenvalue weighted by molar-refractivity contribution is -0.138. The van der Waals surface area contributed by atoms with Crippen molar-refractivity contribution in [2.75, 3.05) is 22.9 Å². The zero-order chi connectivity index (χ0) is 22.3. The molecule has 0 spiro atoms. The second-order valence-corrected chi connectivity index (χ2v) is 8.53. The van der Waals surface area contributed by atoms with Gasteiger partial charge in [0.2, 0.25) is 11.9 Å². The third-order valence-corrected chi connectivity index (χ3v) is 6.48. The molecule has 0 amide bonds. The van der Waals surface area contributed by atoms with E-state index in [1.54, 1.807) is 0 Å². The number of hydrogen-bond donors (Lipinski definition) is 4. The number of nitrogens with one attached hydrogen (secondary N) is 3. The van der Waals surface area contributed by atoms with Crippen molar-refractivity contribution >= 4 is 17.6 Å². The maximum absolute atomic E-state index is 13.4. The number of nitrogen functional groups attached to an aromatic ring is 1. The second kappa shape index (κ2) is 8.16. The van der Waals surface area contributed by atoms with Crippen LogP contribution in [0.15, 0.2) is 42.5 Å². The third kappa shape index (κ3) is 4.06. The molecule has 1 aromatic carbocycles. The van der Waals surface area contributed by atoms with Crippen LogP contribution in [0.2, 0.25) is 0 Å². The number of fused-ring (bicyclic) bond motifs is 3. The second-order valence-electron chi connectivity index (χ2n) is 8.53. The molecule has 1 aromatic heterocycles. The molecule has 0 radical (unpaired) electrons. The zero-order valence-electron chi connectivity index (χ0n) is 17.3. The predicted octanol–water partition coefficient (Wildman–Crippen LogP) is 4.28. The molecule has 5 rings (SSSR count). The van der Waals surface area contributed by atoms with E-state index < -0.39 is 17.8 Å². The Morgan fingerprint density at radius 2 is 2.09 bits per heavy atom. The molecule has 7 nitrogen and oxygen atoms in total. The van der Waals surface area contributed by atoms with Crippen LogP contribution in [0.4, 0.5) is 30.8 Å². The molecule has 10 heteroatoms. The first kappa shape index (κ1) is 20.9. The summed E-state index contributed by atoms with van der Waals surface area (Å²) in [5.41, 5.74) is 6.18. The van der Waals surface area contributed by atoms with Gasteiger partial charge in [-0.3, -0.25) is 0 Å². The smallest absolute Gasteiger partial charge is 0.381 e. The number of ether oxygens (including phenoxy) is 1. The van der Waals surface area contributed by atoms with E-state index in [0.717, 1.165) is 25.3 Å². The molecule has 1 aliphatic carbocycles. The fourth-order valence-electron chi connectivity index (χ4n) is 4.97. The minimum Gasteiger partial charge on any atom is -0.381 e. The number of halogens is 3. The van der Waals surface area contributed by atoms with E-state index in [1.807, 2.05) is 12.2 Å². The molecule has 0 saturated carbocycles. The van der Waals surface area contributed by atoms with E-state index in [1.165, 1.54) is 12.1 Å². The minimum atomic E-state index is -4.40. The van der Waals surface area contributed by atoms with Crippen LogP contribution in [-0.2, 0) is 10.9 Å². The molecule has 32 heavy (non-hydrogen) atoms. The van der Waals surface area contributed by atoms with Gasteiger partial charge in [-0.05, 0) is 37.5 Å². The van der Waals surface area contributed by atoms with Gasteiger partial charge in [0.25, 0.3) is 0 Å². The summed E-state index contributed by atoms with van der Waals surface area (Å²) < 4.78 is 46.7. The monoisotopic (exact) mass is 446 g/mol. The van der Waals surface area contributed by atoms with Crippen molar-refractivity contribution in [3.8, 4) is 0 Å². The lowest BCUT2D eigenvalue weighted by Crippen LogP contribution is -2.47. The lowest BCUT2D eigenvalue weighted by Gasteiger charge is -2.47. The zero-order valence-corrected chi connectivity index (χ0v) is 17.3. The number of hydrogen-bond acceptors (Lipinski definition) is 6. The van der Waals surface area contributed by atoms with Gasteiger partial charge in [-0.15, -0.1) is 5.10 Å². The van der Waals surface area contributed by atoms with Crippen molar-refractivity contribution in [2.45, 2.75) is 43.7 Å². The van der Waals surface area contributed by atoms with Gasteiger partial charge in [-0.25, -0.2) is 5.10 Å². The average molecular weight is 446 g/mol. The van der Waals surface area contributed by atoms with Gasteiger partial charge in [0.1, 0.15) is 0 Å². The molecule has 2 aromatic rings. The highest BCUT2D eigenvalue weighted by atomic mass is 19.4. The first-order valence-corrected chi connectivity index (χ1v) is 10.8. The molecule has 1 unspecified atom stereocenters. The molecule has 1 fully saturated rings. The van der Waals surface area contributed by atoms with Crippen LogP contribution < -0.4 is 16.4 Å². The predicted molar refractivity (Wildman–Crippen MR) is 115 cm³/mol. The largest absolute Gasteiger partial charge is 0.416 e. The maximum atomic E-state index is 13.4. The van der Waals surface area contributed by atoms with E-state index in [2.05, 4.69) is 38.0 Å². The van der Waals surface area contributed by atoms with E-state index in [4.69, 9.17) is 10.5 Å². The Morgan fingerprint density at radius 3 is 2.81 bits per heavy atom. The first-order valence-electron chi connectivity index (χ1n) is 10.8. The molecule has 3 aliphatic rings. The van der Waals surface area contributed by atoms with Gasteiger partial charge in [-0.1, -0.05) is 24.3 Å². The summed E-state index contributed by atoms with van der Waals surface area (Å²) in [4.78, 5) is 4.02. The summed E-state index contributed by atoms with van der Waals surface area (Å²) in [6, 6.07) is 3.99. The van der Waals surface area contributed by atoms with Crippen molar-refractivity contribution in [3.63, 3.8) is 0 Å². The van der Waals surface area contributed by atoms with Gasteiger partial charge in [-0.2, -0.15) is 18.2 Å². The average Bonchev–Trinajstić information content (AvgIpc) is 3.21. The number of nitrogens with zero attached hydrogens (tertiary/aromatic N) is 2. The molecule has 5 N–H and O–H groups in total. The number of allylic oxidation sites excluding steroid dienone is 3. The Morgan fingerprint density at radius 1 is 1.22 bits per heavy atom. The third-order valence-electron chi connectivity index (χ3n) is 6.48. The fourth-order valence-corrected chi connectivity index (χ4v) is 4.97. The van der Waals surface area contributed by atoms with Crippen LogP contribution in [0.25, 0.3) is 0 Å². The number of aromatic nitrogens is 3. The van der Waals surface area contributed by atoms with Crippen LogP contribution in [0, 0.1) is 11.8 Å². The van der Waals surface area contributed by atoms with E-state index in [9.17, 15) is 13.2 Å². The van der Waals surface area contributed by atoms with Crippen molar-refractivity contribution in [1.29, 1.82) is 0 Å². The van der Waals surface area contributed by atoms with Gasteiger partial charge < -0.3 is 21.1 Å². The Labute approximate surface area is 183 Å². The normalized spacial score (nSPS) is 29.2. The van der Waals surface area contributed by atoms with Gasteiger partial charge >= 0.3 is 6.18 Å². The maximum Gasteiger partial charge on any atom is 0.416 e. The van der Waals surface area contributed by atoms with Crippen LogP contribution >= 0.6 is 0 Å². The summed E-state index contributed by atoms with van der Waals surface area (Å²) >= 11 is 0. The van der Waals surface area contributed by atoms with Crippen LogP contribution in [0.3, 0.4) is 0 Å². The Kier molecular flexibility index (Phi) is 5.32. The van der Waals surface area contributed by atoms with Gasteiger partial charge in [0.15, 0.2) is 0 Å². The number of H-pyrrole nitrogens is 1. The lowest BCUT2D eigenvalue weighted by atomic mass is 9.73. The van der Waals surface area contributed by atoms with Crippen molar-refractivity contribution < 1.29 is 17.9 Å². The van der Waals surface area contributed by atoms with E-state index >= 15 is 0 Å². The molecular formula is C22H25F3N6O. The molecule has 2 aliphatic heterocycles. The standard InChI is InChI=1S/C22H25F3N6O/c23-22(24,25)13-6-9-17-16(10-13)19-15(18(28-17)12-4-2-1-3-5-12)8-7-14(32-19)11-27-21-29-20(26)30-31-21/h1-4,6,9-10,12,14-15,18-19,28H,5,7-8,11H2,(H4,26,27,29,30,31)/t12?,14-,15+,18+,19+/m1/s1. The van der Waals surface area contributed by atoms with Gasteiger partial charge in [0, 0.05) is 35.7 Å². The highest BCUT2D eigenvalue weighted by Crippen LogP contribution is 2.49. The highest BCUT2D eigenvalue weighted by Gasteiger charge is 2.45. The summed E-state index contributed by atoms with van der Waals surface area (Å²) in [6.07, 6.45) is 5.87. The summed E-state index contributed by atoms with van der Waals surface area (Å²) in [5.74, 6) is 0.914. The Hall–Kier alpha value is -3.01. The van der Waals surface area contributed by atoms with E-state index in [0.29, 0.717) is 23.7 Å².